The fourth-order valence-electron chi connectivity index (χ4n) is 2.80. The molecule has 1 aliphatic heterocycles. The fraction of sp³-hybridized carbons (Fsp3) is 0.923. The van der Waals surface area contributed by atoms with Crippen molar-refractivity contribution < 1.29 is 19.4 Å². The maximum atomic E-state index is 10.4. The first-order valence-electron chi connectivity index (χ1n) is 6.88. The van der Waals surface area contributed by atoms with Crippen molar-refractivity contribution in [1.29, 1.82) is 0 Å². The van der Waals surface area contributed by atoms with Gasteiger partial charge in [-0.05, 0) is 32.6 Å². The first-order chi connectivity index (χ1) is 8.69. The molecule has 0 aromatic heterocycles. The first-order valence-corrected chi connectivity index (χ1v) is 6.88. The molecule has 18 heavy (non-hydrogen) atoms. The molecule has 0 radical (unpaired) electrons. The van der Waals surface area contributed by atoms with Crippen LogP contribution < -0.4 is 0 Å². The Morgan fingerprint density at radius 2 is 1.89 bits per heavy atom. The molecule has 5 nitrogen and oxygen atoms in total. The smallest absolute Gasteiger partial charge is 0.329 e. The summed E-state index contributed by atoms with van der Waals surface area (Å²) in [7, 11) is 0. The zero-order valence-electron chi connectivity index (χ0n) is 11.0. The fourth-order valence-corrected chi connectivity index (χ4v) is 2.80. The number of hydrogen-bond acceptors (Lipinski definition) is 4. The number of ether oxygens (including phenoxy) is 2. The van der Waals surface area contributed by atoms with Crippen molar-refractivity contribution in [3.63, 3.8) is 0 Å². The Balaban J connectivity index is 1.61. The number of likely N-dealkylation sites (tertiary alicyclic amines) is 1. The van der Waals surface area contributed by atoms with E-state index in [-0.39, 0.29) is 12.7 Å². The normalized spacial score (nSPS) is 30.1. The summed E-state index contributed by atoms with van der Waals surface area (Å²) >= 11 is 0. The molecule has 0 bridgehead atoms. The average molecular weight is 257 g/mol. The van der Waals surface area contributed by atoms with Crippen molar-refractivity contribution in [3.05, 3.63) is 0 Å². The summed E-state index contributed by atoms with van der Waals surface area (Å²) in [4.78, 5) is 12.9. The lowest BCUT2D eigenvalue weighted by Gasteiger charge is -2.45. The highest BCUT2D eigenvalue weighted by Crippen LogP contribution is 2.30. The van der Waals surface area contributed by atoms with Crippen LogP contribution in [0.3, 0.4) is 0 Å². The average Bonchev–Trinajstić information content (AvgIpc) is 2.31. The molecule has 2 rings (SSSR count). The van der Waals surface area contributed by atoms with Gasteiger partial charge in [-0.3, -0.25) is 4.90 Å². The van der Waals surface area contributed by atoms with Crippen LogP contribution in [0.5, 0.6) is 0 Å². The number of aliphatic carboxylic acids is 1. The monoisotopic (exact) mass is 257 g/mol. The zero-order valence-corrected chi connectivity index (χ0v) is 11.0. The van der Waals surface area contributed by atoms with Gasteiger partial charge >= 0.3 is 5.97 Å². The molecule has 0 aromatic carbocycles. The number of carboxylic acid groups (broad SMARTS) is 1. The minimum Gasteiger partial charge on any atom is -0.480 e. The van der Waals surface area contributed by atoms with Gasteiger partial charge < -0.3 is 14.6 Å². The lowest BCUT2D eigenvalue weighted by Crippen LogP contribution is -2.51. The topological polar surface area (TPSA) is 59.0 Å². The van der Waals surface area contributed by atoms with E-state index in [1.54, 1.807) is 0 Å². The molecule has 0 unspecified atom stereocenters. The van der Waals surface area contributed by atoms with E-state index >= 15 is 0 Å². The van der Waals surface area contributed by atoms with E-state index in [0.717, 1.165) is 45.4 Å². The second-order valence-corrected chi connectivity index (χ2v) is 5.14. The van der Waals surface area contributed by atoms with Crippen molar-refractivity contribution in [2.45, 2.75) is 50.9 Å². The number of carbonyl (C=O) groups is 1. The summed E-state index contributed by atoms with van der Waals surface area (Å²) in [5.74, 6) is -0.879. The Kier molecular flexibility index (Phi) is 4.97. The Bertz CT molecular complexity index is 270. The van der Waals surface area contributed by atoms with Gasteiger partial charge in [0.1, 0.15) is 6.61 Å². The second-order valence-electron chi connectivity index (χ2n) is 5.14. The van der Waals surface area contributed by atoms with Crippen LogP contribution in [0, 0.1) is 0 Å². The lowest BCUT2D eigenvalue weighted by molar-refractivity contribution is -0.145. The third kappa shape index (κ3) is 3.67. The first kappa shape index (κ1) is 13.8. The van der Waals surface area contributed by atoms with Gasteiger partial charge in [-0.1, -0.05) is 0 Å². The highest BCUT2D eigenvalue weighted by atomic mass is 16.5. The van der Waals surface area contributed by atoms with Gasteiger partial charge in [-0.25, -0.2) is 4.79 Å². The van der Waals surface area contributed by atoms with Crippen molar-refractivity contribution in [2.75, 3.05) is 26.3 Å². The lowest BCUT2D eigenvalue weighted by atomic mass is 9.86. The van der Waals surface area contributed by atoms with Gasteiger partial charge in [0.05, 0.1) is 12.2 Å². The standard InChI is InChI=1S/C13H23NO4/c1-2-17-12-7-10(8-12)14-5-3-11(4-6-14)18-9-13(15)16/h10-12H,2-9H2,1H3,(H,15,16). The molecule has 0 spiro atoms. The van der Waals surface area contributed by atoms with Crippen LogP contribution in [0.25, 0.3) is 0 Å². The molecule has 2 fully saturated rings. The quantitative estimate of drug-likeness (QED) is 0.772. The van der Waals surface area contributed by atoms with E-state index in [4.69, 9.17) is 14.6 Å². The maximum absolute atomic E-state index is 10.4. The summed E-state index contributed by atoms with van der Waals surface area (Å²) in [6, 6.07) is 0.668. The Morgan fingerprint density at radius 3 is 2.44 bits per heavy atom. The Morgan fingerprint density at radius 1 is 1.22 bits per heavy atom. The molecule has 0 amide bonds. The molecule has 1 saturated heterocycles. The predicted molar refractivity (Wildman–Crippen MR) is 66.6 cm³/mol. The van der Waals surface area contributed by atoms with Crippen LogP contribution in [0.4, 0.5) is 0 Å². The molecule has 0 atom stereocenters. The maximum Gasteiger partial charge on any atom is 0.329 e. The number of piperidine rings is 1. The summed E-state index contributed by atoms with van der Waals surface area (Å²) in [6.45, 7) is 4.73. The van der Waals surface area contributed by atoms with E-state index in [1.807, 2.05) is 6.92 Å². The molecule has 2 aliphatic rings. The summed E-state index contributed by atoms with van der Waals surface area (Å²) < 4.78 is 10.9. The van der Waals surface area contributed by atoms with Crippen LogP contribution in [0.15, 0.2) is 0 Å². The largest absolute Gasteiger partial charge is 0.480 e. The van der Waals surface area contributed by atoms with E-state index in [1.165, 1.54) is 0 Å². The molecule has 104 valence electrons. The Labute approximate surface area is 108 Å². The highest BCUT2D eigenvalue weighted by Gasteiger charge is 2.35. The minimum absolute atomic E-state index is 0.125. The van der Waals surface area contributed by atoms with Crippen LogP contribution in [-0.2, 0) is 14.3 Å². The number of nitrogens with zero attached hydrogens (tertiary/aromatic N) is 1. The van der Waals surface area contributed by atoms with Gasteiger partial charge in [0, 0.05) is 25.7 Å². The van der Waals surface area contributed by atoms with Crippen LogP contribution >= 0.6 is 0 Å². The Hall–Kier alpha value is -0.650. The summed E-state index contributed by atoms with van der Waals surface area (Å²) in [5, 5.41) is 8.56. The molecular weight excluding hydrogens is 234 g/mol. The van der Waals surface area contributed by atoms with E-state index in [9.17, 15) is 4.79 Å². The van der Waals surface area contributed by atoms with Gasteiger partial charge in [-0.2, -0.15) is 0 Å². The van der Waals surface area contributed by atoms with Crippen LogP contribution in [0.1, 0.15) is 32.6 Å². The molecule has 1 saturated carbocycles. The number of rotatable bonds is 6. The third-order valence-electron chi connectivity index (χ3n) is 3.91. The van der Waals surface area contributed by atoms with E-state index in [0.29, 0.717) is 12.1 Å². The van der Waals surface area contributed by atoms with Crippen LogP contribution in [-0.4, -0.2) is 60.5 Å². The molecule has 1 N–H and O–H groups in total. The van der Waals surface area contributed by atoms with Gasteiger partial charge in [0.2, 0.25) is 0 Å². The molecule has 0 aromatic rings. The van der Waals surface area contributed by atoms with Crippen molar-refractivity contribution in [1.82, 2.24) is 4.90 Å². The van der Waals surface area contributed by atoms with E-state index in [2.05, 4.69) is 4.90 Å². The zero-order chi connectivity index (χ0) is 13.0. The predicted octanol–water partition coefficient (Wildman–Crippen LogP) is 1.12. The minimum atomic E-state index is -0.879. The third-order valence-corrected chi connectivity index (χ3v) is 3.91. The van der Waals surface area contributed by atoms with Crippen molar-refractivity contribution in [2.24, 2.45) is 0 Å². The van der Waals surface area contributed by atoms with Gasteiger partial charge in [0.15, 0.2) is 0 Å². The van der Waals surface area contributed by atoms with Gasteiger partial charge in [-0.15, -0.1) is 0 Å². The molecule has 1 aliphatic carbocycles. The van der Waals surface area contributed by atoms with Crippen LogP contribution in [0.2, 0.25) is 0 Å². The van der Waals surface area contributed by atoms with Crippen molar-refractivity contribution >= 4 is 5.97 Å². The molecular formula is C13H23NO4. The number of carboxylic acids is 1. The molecule has 5 heteroatoms. The second kappa shape index (κ2) is 6.50. The molecule has 1 heterocycles. The SMILES string of the molecule is CCOC1CC(N2CCC(OCC(=O)O)CC2)C1. The number of hydrogen-bond donors (Lipinski definition) is 1. The highest BCUT2D eigenvalue weighted by molar-refractivity contribution is 5.68. The van der Waals surface area contributed by atoms with E-state index < -0.39 is 5.97 Å². The summed E-state index contributed by atoms with van der Waals surface area (Å²) in [5.41, 5.74) is 0. The van der Waals surface area contributed by atoms with Crippen molar-refractivity contribution in [3.8, 4) is 0 Å². The van der Waals surface area contributed by atoms with Gasteiger partial charge in [0.25, 0.3) is 0 Å². The summed E-state index contributed by atoms with van der Waals surface area (Å²) in [6.07, 6.45) is 4.77.